The Labute approximate surface area is 123 Å². The van der Waals surface area contributed by atoms with Crippen LogP contribution in [0.25, 0.3) is 11.4 Å². The van der Waals surface area contributed by atoms with Gasteiger partial charge in [0.05, 0.1) is 12.7 Å². The minimum atomic E-state index is 0.0435. The first-order valence-corrected chi connectivity index (χ1v) is 6.97. The molecule has 21 heavy (non-hydrogen) atoms. The third-order valence-electron chi connectivity index (χ3n) is 2.95. The molecule has 0 aliphatic carbocycles. The van der Waals surface area contributed by atoms with Gasteiger partial charge in [-0.05, 0) is 18.6 Å². The summed E-state index contributed by atoms with van der Waals surface area (Å²) < 4.78 is 10.5. The minimum absolute atomic E-state index is 0.0435. The van der Waals surface area contributed by atoms with Gasteiger partial charge in [-0.15, -0.1) is 0 Å². The average Bonchev–Trinajstić information content (AvgIpc) is 2.96. The Bertz CT molecular complexity index is 595. The van der Waals surface area contributed by atoms with E-state index >= 15 is 0 Å². The summed E-state index contributed by atoms with van der Waals surface area (Å²) in [5.74, 6) is 1.72. The number of benzene rings is 1. The van der Waals surface area contributed by atoms with Crippen LogP contribution in [0.5, 0.6) is 5.75 Å². The van der Waals surface area contributed by atoms with Crippen LogP contribution in [0.1, 0.15) is 25.7 Å². The van der Waals surface area contributed by atoms with Crippen LogP contribution in [-0.2, 0) is 11.2 Å². The van der Waals surface area contributed by atoms with Gasteiger partial charge in [-0.3, -0.25) is 4.79 Å². The van der Waals surface area contributed by atoms with Crippen molar-refractivity contribution < 1.29 is 14.1 Å². The summed E-state index contributed by atoms with van der Waals surface area (Å²) in [5, 5.41) is 6.76. The van der Waals surface area contributed by atoms with Gasteiger partial charge in [0.1, 0.15) is 5.75 Å². The Morgan fingerprint density at radius 3 is 2.95 bits per heavy atom. The van der Waals surface area contributed by atoms with Crippen molar-refractivity contribution in [2.75, 3.05) is 13.7 Å². The number of rotatable bonds is 7. The zero-order valence-corrected chi connectivity index (χ0v) is 12.3. The smallest absolute Gasteiger partial charge is 0.228 e. The Morgan fingerprint density at radius 1 is 1.38 bits per heavy atom. The lowest BCUT2D eigenvalue weighted by atomic mass is 10.2. The SMILES string of the molecule is CCCC(=O)NCCc1nc(-c2ccccc2OC)no1. The van der Waals surface area contributed by atoms with Crippen molar-refractivity contribution in [2.45, 2.75) is 26.2 Å². The number of amides is 1. The molecule has 0 aliphatic heterocycles. The van der Waals surface area contributed by atoms with E-state index in [9.17, 15) is 4.79 Å². The summed E-state index contributed by atoms with van der Waals surface area (Å²) >= 11 is 0. The van der Waals surface area contributed by atoms with Gasteiger partial charge in [-0.2, -0.15) is 4.98 Å². The molecular formula is C15H19N3O3. The molecule has 6 nitrogen and oxygen atoms in total. The van der Waals surface area contributed by atoms with Crippen molar-refractivity contribution in [3.63, 3.8) is 0 Å². The third kappa shape index (κ3) is 4.05. The standard InChI is InChI=1S/C15H19N3O3/c1-3-6-13(19)16-10-9-14-17-15(18-21-14)11-7-4-5-8-12(11)20-2/h4-5,7-8H,3,6,9-10H2,1-2H3,(H,16,19). The highest BCUT2D eigenvalue weighted by molar-refractivity contribution is 5.75. The molecule has 1 aromatic heterocycles. The summed E-state index contributed by atoms with van der Waals surface area (Å²) in [7, 11) is 1.60. The zero-order valence-electron chi connectivity index (χ0n) is 12.3. The maximum Gasteiger partial charge on any atom is 0.228 e. The van der Waals surface area contributed by atoms with E-state index in [-0.39, 0.29) is 5.91 Å². The van der Waals surface area contributed by atoms with Crippen LogP contribution in [0.15, 0.2) is 28.8 Å². The predicted octanol–water partition coefficient (Wildman–Crippen LogP) is 2.20. The Morgan fingerprint density at radius 2 is 2.19 bits per heavy atom. The monoisotopic (exact) mass is 289 g/mol. The van der Waals surface area contributed by atoms with Crippen molar-refractivity contribution in [1.29, 1.82) is 0 Å². The molecule has 112 valence electrons. The Hall–Kier alpha value is -2.37. The molecule has 0 radical (unpaired) electrons. The highest BCUT2D eigenvalue weighted by atomic mass is 16.5. The van der Waals surface area contributed by atoms with Crippen LogP contribution in [0.3, 0.4) is 0 Å². The predicted molar refractivity (Wildman–Crippen MR) is 77.9 cm³/mol. The number of aromatic nitrogens is 2. The Balaban J connectivity index is 1.97. The van der Waals surface area contributed by atoms with Gasteiger partial charge in [-0.25, -0.2) is 0 Å². The van der Waals surface area contributed by atoms with E-state index in [0.717, 1.165) is 12.0 Å². The lowest BCUT2D eigenvalue weighted by Gasteiger charge is -2.03. The van der Waals surface area contributed by atoms with Crippen LogP contribution in [0.2, 0.25) is 0 Å². The molecule has 0 unspecified atom stereocenters. The van der Waals surface area contributed by atoms with E-state index in [1.165, 1.54) is 0 Å². The summed E-state index contributed by atoms with van der Waals surface area (Å²) in [4.78, 5) is 15.7. The molecule has 0 saturated heterocycles. The maximum absolute atomic E-state index is 11.3. The summed E-state index contributed by atoms with van der Waals surface area (Å²) in [5.41, 5.74) is 0.782. The average molecular weight is 289 g/mol. The third-order valence-corrected chi connectivity index (χ3v) is 2.95. The molecule has 1 aromatic carbocycles. The fourth-order valence-electron chi connectivity index (χ4n) is 1.92. The second-order valence-corrected chi connectivity index (χ2v) is 4.56. The first-order valence-electron chi connectivity index (χ1n) is 6.97. The number of nitrogens with one attached hydrogen (secondary N) is 1. The molecule has 0 spiro atoms. The van der Waals surface area contributed by atoms with Gasteiger partial charge in [-0.1, -0.05) is 24.2 Å². The van der Waals surface area contributed by atoms with Crippen LogP contribution in [-0.4, -0.2) is 29.7 Å². The topological polar surface area (TPSA) is 77.2 Å². The number of methoxy groups -OCH3 is 1. The lowest BCUT2D eigenvalue weighted by Crippen LogP contribution is -2.25. The quantitative estimate of drug-likeness (QED) is 0.845. The molecule has 1 heterocycles. The van der Waals surface area contributed by atoms with Crippen LogP contribution >= 0.6 is 0 Å². The van der Waals surface area contributed by atoms with Crippen LogP contribution in [0, 0.1) is 0 Å². The molecule has 0 atom stereocenters. The molecule has 6 heteroatoms. The van der Waals surface area contributed by atoms with Crippen molar-refractivity contribution >= 4 is 5.91 Å². The van der Waals surface area contributed by atoms with Crippen LogP contribution < -0.4 is 10.1 Å². The molecule has 1 N–H and O–H groups in total. The first kappa shape index (κ1) is 15.0. The maximum atomic E-state index is 11.3. The number of carbonyl (C=O) groups excluding carboxylic acids is 1. The largest absolute Gasteiger partial charge is 0.496 e. The Kier molecular flexibility index (Phi) is 5.31. The molecule has 0 fully saturated rings. The molecule has 0 saturated carbocycles. The van der Waals surface area contributed by atoms with E-state index in [2.05, 4.69) is 15.5 Å². The van der Waals surface area contributed by atoms with Gasteiger partial charge in [0.25, 0.3) is 0 Å². The van der Waals surface area contributed by atoms with E-state index < -0.39 is 0 Å². The van der Waals surface area contributed by atoms with Gasteiger partial charge in [0.15, 0.2) is 0 Å². The number of hydrogen-bond acceptors (Lipinski definition) is 5. The molecule has 0 aliphatic rings. The lowest BCUT2D eigenvalue weighted by molar-refractivity contribution is -0.121. The van der Waals surface area contributed by atoms with Crippen molar-refractivity contribution in [2.24, 2.45) is 0 Å². The number of para-hydroxylation sites is 1. The fraction of sp³-hybridized carbons (Fsp3) is 0.400. The normalized spacial score (nSPS) is 10.4. The highest BCUT2D eigenvalue weighted by Crippen LogP contribution is 2.26. The number of nitrogens with zero attached hydrogens (tertiary/aromatic N) is 2. The molecule has 1 amide bonds. The molecule has 0 bridgehead atoms. The summed E-state index contributed by atoms with van der Waals surface area (Å²) in [6.45, 7) is 2.46. The van der Waals surface area contributed by atoms with E-state index in [1.807, 2.05) is 31.2 Å². The van der Waals surface area contributed by atoms with Gasteiger partial charge in [0.2, 0.25) is 17.6 Å². The molecular weight excluding hydrogens is 270 g/mol. The number of ether oxygens (including phenoxy) is 1. The second kappa shape index (κ2) is 7.42. The second-order valence-electron chi connectivity index (χ2n) is 4.56. The van der Waals surface area contributed by atoms with Crippen LogP contribution in [0.4, 0.5) is 0 Å². The molecule has 2 rings (SSSR count). The zero-order chi connectivity index (χ0) is 15.1. The fourth-order valence-corrected chi connectivity index (χ4v) is 1.92. The summed E-state index contributed by atoms with van der Waals surface area (Å²) in [6, 6.07) is 7.48. The van der Waals surface area contributed by atoms with E-state index in [0.29, 0.717) is 36.9 Å². The number of carbonyl (C=O) groups is 1. The first-order chi connectivity index (χ1) is 10.2. The minimum Gasteiger partial charge on any atom is -0.496 e. The van der Waals surface area contributed by atoms with Gasteiger partial charge < -0.3 is 14.6 Å². The summed E-state index contributed by atoms with van der Waals surface area (Å²) in [6.07, 6.45) is 1.89. The van der Waals surface area contributed by atoms with Crippen molar-refractivity contribution in [3.05, 3.63) is 30.2 Å². The van der Waals surface area contributed by atoms with Gasteiger partial charge in [0, 0.05) is 19.4 Å². The molecule has 2 aromatic rings. The van der Waals surface area contributed by atoms with Gasteiger partial charge >= 0.3 is 0 Å². The number of hydrogen-bond donors (Lipinski definition) is 1. The van der Waals surface area contributed by atoms with Crippen molar-refractivity contribution in [3.8, 4) is 17.1 Å². The highest BCUT2D eigenvalue weighted by Gasteiger charge is 2.12. The van der Waals surface area contributed by atoms with E-state index in [4.69, 9.17) is 9.26 Å². The van der Waals surface area contributed by atoms with E-state index in [1.54, 1.807) is 7.11 Å². The van der Waals surface area contributed by atoms with Crippen molar-refractivity contribution in [1.82, 2.24) is 15.5 Å².